The average molecular weight is 221 g/mol. The van der Waals surface area contributed by atoms with Gasteiger partial charge in [-0.3, -0.25) is 4.79 Å². The van der Waals surface area contributed by atoms with Crippen molar-refractivity contribution in [1.82, 2.24) is 0 Å². The fraction of sp³-hybridized carbons (Fsp3) is 0.417. The van der Waals surface area contributed by atoms with Crippen LogP contribution in [0.25, 0.3) is 0 Å². The molecule has 0 fully saturated rings. The van der Waals surface area contributed by atoms with Gasteiger partial charge in [-0.25, -0.2) is 0 Å². The van der Waals surface area contributed by atoms with E-state index in [2.05, 4.69) is 5.32 Å². The topological polar surface area (TPSA) is 47.6 Å². The second-order valence-electron chi connectivity index (χ2n) is 4.13. The van der Waals surface area contributed by atoms with Gasteiger partial charge in [-0.2, -0.15) is 0 Å². The van der Waals surface area contributed by atoms with E-state index in [1.54, 1.807) is 25.3 Å². The second kappa shape index (κ2) is 4.04. The van der Waals surface area contributed by atoms with Gasteiger partial charge >= 0.3 is 0 Å². The first-order chi connectivity index (χ1) is 7.61. The molecular weight excluding hydrogens is 206 g/mol. The molecule has 1 N–H and O–H groups in total. The molecule has 1 aromatic rings. The molecular formula is C12H15NO3. The fourth-order valence-corrected chi connectivity index (χ4v) is 1.66. The number of benzene rings is 1. The zero-order chi connectivity index (χ0) is 11.7. The molecule has 0 aromatic heterocycles. The van der Waals surface area contributed by atoms with Crippen molar-refractivity contribution in [3.63, 3.8) is 0 Å². The summed E-state index contributed by atoms with van der Waals surface area (Å²) in [7, 11) is 1.60. The van der Waals surface area contributed by atoms with E-state index in [-0.39, 0.29) is 11.8 Å². The maximum absolute atomic E-state index is 11.7. The Bertz CT molecular complexity index is 415. The van der Waals surface area contributed by atoms with E-state index >= 15 is 0 Å². The van der Waals surface area contributed by atoms with Crippen LogP contribution in [0.3, 0.4) is 0 Å². The largest absolute Gasteiger partial charge is 0.497 e. The van der Waals surface area contributed by atoms with Crippen molar-refractivity contribution >= 4 is 11.6 Å². The summed E-state index contributed by atoms with van der Waals surface area (Å²) in [5, 5.41) is 2.82. The monoisotopic (exact) mass is 221 g/mol. The van der Waals surface area contributed by atoms with Gasteiger partial charge in [-0.1, -0.05) is 13.8 Å². The number of rotatable bonds is 2. The predicted molar refractivity (Wildman–Crippen MR) is 60.9 cm³/mol. The van der Waals surface area contributed by atoms with Crippen molar-refractivity contribution in [2.45, 2.75) is 20.0 Å². The van der Waals surface area contributed by atoms with Crippen LogP contribution in [-0.4, -0.2) is 19.1 Å². The van der Waals surface area contributed by atoms with Crippen LogP contribution in [0, 0.1) is 5.92 Å². The van der Waals surface area contributed by atoms with Crippen LogP contribution in [0.1, 0.15) is 13.8 Å². The van der Waals surface area contributed by atoms with Gasteiger partial charge < -0.3 is 14.8 Å². The van der Waals surface area contributed by atoms with Gasteiger partial charge in [0.25, 0.3) is 5.91 Å². The smallest absolute Gasteiger partial charge is 0.265 e. The van der Waals surface area contributed by atoms with Crippen molar-refractivity contribution in [3.05, 3.63) is 18.2 Å². The Kier molecular flexibility index (Phi) is 2.73. The summed E-state index contributed by atoms with van der Waals surface area (Å²) in [6, 6.07) is 5.35. The third-order valence-corrected chi connectivity index (χ3v) is 2.56. The minimum absolute atomic E-state index is 0.0901. The average Bonchev–Trinajstić information content (AvgIpc) is 2.27. The van der Waals surface area contributed by atoms with Crippen LogP contribution >= 0.6 is 0 Å². The van der Waals surface area contributed by atoms with E-state index in [0.29, 0.717) is 11.4 Å². The molecule has 1 aromatic carbocycles. The van der Waals surface area contributed by atoms with Crippen LogP contribution in [-0.2, 0) is 4.79 Å². The Labute approximate surface area is 94.6 Å². The Balaban J connectivity index is 2.32. The van der Waals surface area contributed by atoms with E-state index in [1.165, 1.54) is 0 Å². The zero-order valence-electron chi connectivity index (χ0n) is 9.61. The number of amides is 1. The van der Waals surface area contributed by atoms with Crippen molar-refractivity contribution in [3.8, 4) is 11.5 Å². The number of carbonyl (C=O) groups is 1. The van der Waals surface area contributed by atoms with Crippen LogP contribution < -0.4 is 14.8 Å². The summed E-state index contributed by atoms with van der Waals surface area (Å²) in [5.41, 5.74) is 0.697. The molecule has 0 spiro atoms. The predicted octanol–water partition coefficient (Wildman–Crippen LogP) is 2.05. The summed E-state index contributed by atoms with van der Waals surface area (Å²) >= 11 is 0. The molecule has 0 saturated heterocycles. The lowest BCUT2D eigenvalue weighted by molar-refractivity contribution is -0.125. The van der Waals surface area contributed by atoms with E-state index < -0.39 is 6.10 Å². The molecule has 86 valence electrons. The number of hydrogen-bond acceptors (Lipinski definition) is 3. The lowest BCUT2D eigenvalue weighted by Gasteiger charge is -2.28. The first-order valence-electron chi connectivity index (χ1n) is 5.27. The van der Waals surface area contributed by atoms with Gasteiger partial charge in [0.2, 0.25) is 0 Å². The lowest BCUT2D eigenvalue weighted by Crippen LogP contribution is -2.40. The molecule has 4 nitrogen and oxygen atoms in total. The molecule has 1 heterocycles. The molecule has 1 amide bonds. The number of methoxy groups -OCH3 is 1. The Morgan fingerprint density at radius 3 is 2.81 bits per heavy atom. The highest BCUT2D eigenvalue weighted by atomic mass is 16.5. The molecule has 0 aliphatic carbocycles. The summed E-state index contributed by atoms with van der Waals surface area (Å²) in [5.74, 6) is 1.43. The van der Waals surface area contributed by atoms with Crippen LogP contribution in [0.15, 0.2) is 18.2 Å². The summed E-state index contributed by atoms with van der Waals surface area (Å²) in [4.78, 5) is 11.7. The third kappa shape index (κ3) is 1.83. The van der Waals surface area contributed by atoms with Crippen molar-refractivity contribution in [1.29, 1.82) is 0 Å². The van der Waals surface area contributed by atoms with Gasteiger partial charge in [0.05, 0.1) is 12.8 Å². The van der Waals surface area contributed by atoms with Crippen LogP contribution in [0.4, 0.5) is 5.69 Å². The SMILES string of the molecule is COc1ccc2c(c1)OC(C(C)C)C(=O)N2. The van der Waals surface area contributed by atoms with Gasteiger partial charge in [-0.15, -0.1) is 0 Å². The zero-order valence-corrected chi connectivity index (χ0v) is 9.61. The van der Waals surface area contributed by atoms with Crippen molar-refractivity contribution in [2.75, 3.05) is 12.4 Å². The summed E-state index contributed by atoms with van der Waals surface area (Å²) < 4.78 is 10.8. The van der Waals surface area contributed by atoms with E-state index in [4.69, 9.17) is 9.47 Å². The third-order valence-electron chi connectivity index (χ3n) is 2.56. The number of nitrogens with one attached hydrogen (secondary N) is 1. The van der Waals surface area contributed by atoms with E-state index in [9.17, 15) is 4.79 Å². The molecule has 4 heteroatoms. The van der Waals surface area contributed by atoms with Crippen LogP contribution in [0.2, 0.25) is 0 Å². The number of hydrogen-bond donors (Lipinski definition) is 1. The van der Waals surface area contributed by atoms with Crippen LogP contribution in [0.5, 0.6) is 11.5 Å². The molecule has 0 radical (unpaired) electrons. The fourth-order valence-electron chi connectivity index (χ4n) is 1.66. The molecule has 16 heavy (non-hydrogen) atoms. The highest BCUT2D eigenvalue weighted by Gasteiger charge is 2.30. The highest BCUT2D eigenvalue weighted by Crippen LogP contribution is 2.34. The minimum Gasteiger partial charge on any atom is -0.497 e. The summed E-state index contributed by atoms with van der Waals surface area (Å²) in [6.45, 7) is 3.91. The molecule has 0 saturated carbocycles. The van der Waals surface area contributed by atoms with E-state index in [0.717, 1.165) is 5.75 Å². The van der Waals surface area contributed by atoms with Gasteiger partial charge in [-0.05, 0) is 18.1 Å². The van der Waals surface area contributed by atoms with Crippen molar-refractivity contribution in [2.24, 2.45) is 5.92 Å². The number of carbonyl (C=O) groups excluding carboxylic acids is 1. The normalized spacial score (nSPS) is 18.8. The maximum Gasteiger partial charge on any atom is 0.265 e. The quantitative estimate of drug-likeness (QED) is 0.831. The number of fused-ring (bicyclic) bond motifs is 1. The van der Waals surface area contributed by atoms with Crippen molar-refractivity contribution < 1.29 is 14.3 Å². The first-order valence-corrected chi connectivity index (χ1v) is 5.27. The molecule has 1 aliphatic heterocycles. The minimum atomic E-state index is -0.431. The first kappa shape index (κ1) is 10.8. The Morgan fingerprint density at radius 2 is 2.19 bits per heavy atom. The standard InChI is InChI=1S/C12H15NO3/c1-7(2)11-12(14)13-9-5-4-8(15-3)6-10(9)16-11/h4-7,11H,1-3H3,(H,13,14). The summed E-state index contributed by atoms with van der Waals surface area (Å²) in [6.07, 6.45) is -0.431. The Hall–Kier alpha value is -1.71. The highest BCUT2D eigenvalue weighted by molar-refractivity contribution is 5.98. The molecule has 0 bridgehead atoms. The van der Waals surface area contributed by atoms with Gasteiger partial charge in [0.15, 0.2) is 6.10 Å². The Morgan fingerprint density at radius 1 is 1.44 bits per heavy atom. The van der Waals surface area contributed by atoms with Gasteiger partial charge in [0, 0.05) is 6.07 Å². The lowest BCUT2D eigenvalue weighted by atomic mass is 10.0. The number of anilines is 1. The molecule has 2 rings (SSSR count). The molecule has 1 atom stereocenters. The van der Waals surface area contributed by atoms with Gasteiger partial charge in [0.1, 0.15) is 11.5 Å². The number of ether oxygens (including phenoxy) is 2. The van der Waals surface area contributed by atoms with E-state index in [1.807, 2.05) is 13.8 Å². The maximum atomic E-state index is 11.7. The second-order valence-corrected chi connectivity index (χ2v) is 4.13. The molecule has 1 unspecified atom stereocenters. The molecule has 1 aliphatic rings.